The van der Waals surface area contributed by atoms with Gasteiger partial charge in [-0.15, -0.1) is 0 Å². The number of rotatable bonds is 12. The number of hydrogen-bond donors (Lipinski definition) is 3. The first-order valence-corrected chi connectivity index (χ1v) is 18.2. The highest BCUT2D eigenvalue weighted by Crippen LogP contribution is 2.38. The average Bonchev–Trinajstić information content (AvgIpc) is 3.77. The number of nitrogens with zero attached hydrogens (tertiary/aromatic N) is 2. The maximum atomic E-state index is 14.3. The van der Waals surface area contributed by atoms with Crippen LogP contribution >= 0.6 is 11.6 Å². The zero-order valence-electron chi connectivity index (χ0n) is 30.0. The fourth-order valence-electron chi connectivity index (χ4n) is 7.54. The highest BCUT2D eigenvalue weighted by molar-refractivity contribution is 6.31. The molecule has 0 saturated carbocycles. The minimum atomic E-state index is -0.748. The van der Waals surface area contributed by atoms with Crippen LogP contribution < -0.4 is 20.1 Å². The van der Waals surface area contributed by atoms with E-state index >= 15 is 0 Å². The fraction of sp³-hybridized carbons (Fsp3) is 0.400. The lowest BCUT2D eigenvalue weighted by atomic mass is 9.79. The van der Waals surface area contributed by atoms with Crippen molar-refractivity contribution in [2.45, 2.75) is 45.3 Å². The molecule has 1 aromatic heterocycles. The second-order valence-corrected chi connectivity index (χ2v) is 14.4. The van der Waals surface area contributed by atoms with Gasteiger partial charge in [-0.1, -0.05) is 48.0 Å². The Morgan fingerprint density at radius 3 is 2.38 bits per heavy atom. The largest absolute Gasteiger partial charge is 0.493 e. The SMILES string of the molecule is CNC(=O)[C@H](CCCc1ccccc1)NC(=O)C1CN(C(=O)c2c[nH]c3cc(Cl)ccc23)CC2CN(C(=O)c3ccc(OC(C)C)c(OC)c3)CC21. The van der Waals surface area contributed by atoms with Gasteiger partial charge in [0.25, 0.3) is 11.8 Å². The first-order valence-electron chi connectivity index (χ1n) is 17.8. The Bertz CT molecular complexity index is 1930. The summed E-state index contributed by atoms with van der Waals surface area (Å²) in [7, 11) is 3.09. The van der Waals surface area contributed by atoms with Gasteiger partial charge < -0.3 is 34.9 Å². The van der Waals surface area contributed by atoms with Crippen molar-refractivity contribution in [3.05, 3.63) is 94.6 Å². The Morgan fingerprint density at radius 1 is 0.923 bits per heavy atom. The number of fused-ring (bicyclic) bond motifs is 2. The van der Waals surface area contributed by atoms with Crippen LogP contribution in [-0.2, 0) is 16.0 Å². The Balaban J connectivity index is 1.24. The van der Waals surface area contributed by atoms with Gasteiger partial charge in [-0.25, -0.2) is 0 Å². The van der Waals surface area contributed by atoms with Crippen molar-refractivity contribution in [3.63, 3.8) is 0 Å². The third kappa shape index (κ3) is 8.04. The quantitative estimate of drug-likeness (QED) is 0.181. The van der Waals surface area contributed by atoms with Gasteiger partial charge in [-0.05, 0) is 80.8 Å². The molecule has 4 atom stereocenters. The van der Waals surface area contributed by atoms with Crippen molar-refractivity contribution in [1.29, 1.82) is 0 Å². The summed E-state index contributed by atoms with van der Waals surface area (Å²) in [5.41, 5.74) is 2.82. The number of amides is 4. The van der Waals surface area contributed by atoms with Crippen LogP contribution in [0.3, 0.4) is 0 Å². The zero-order chi connectivity index (χ0) is 36.9. The molecule has 3 N–H and O–H groups in total. The van der Waals surface area contributed by atoms with Gasteiger partial charge >= 0.3 is 0 Å². The van der Waals surface area contributed by atoms with Crippen LogP contribution in [0.4, 0.5) is 0 Å². The second kappa shape index (κ2) is 16.1. The van der Waals surface area contributed by atoms with Gasteiger partial charge in [0.05, 0.1) is 24.7 Å². The highest BCUT2D eigenvalue weighted by atomic mass is 35.5. The molecular formula is C40H46ClN5O6. The van der Waals surface area contributed by atoms with Crippen molar-refractivity contribution in [2.24, 2.45) is 17.8 Å². The van der Waals surface area contributed by atoms with E-state index in [0.29, 0.717) is 60.1 Å². The van der Waals surface area contributed by atoms with E-state index in [0.717, 1.165) is 22.9 Å². The lowest BCUT2D eigenvalue weighted by Gasteiger charge is -2.39. The Hall–Kier alpha value is -5.03. The van der Waals surface area contributed by atoms with Crippen molar-refractivity contribution in [2.75, 3.05) is 40.3 Å². The summed E-state index contributed by atoms with van der Waals surface area (Å²) in [6, 6.07) is 19.7. The van der Waals surface area contributed by atoms with Crippen LogP contribution in [0.1, 0.15) is 53.0 Å². The van der Waals surface area contributed by atoms with Gasteiger partial charge in [0.15, 0.2) is 11.5 Å². The third-order valence-electron chi connectivity index (χ3n) is 10.1. The molecule has 0 spiro atoms. The molecule has 0 bridgehead atoms. The summed E-state index contributed by atoms with van der Waals surface area (Å²) >= 11 is 6.20. The number of aromatic amines is 1. The van der Waals surface area contributed by atoms with E-state index in [-0.39, 0.29) is 48.1 Å². The number of benzene rings is 3. The number of likely N-dealkylation sites (N-methyl/N-ethyl adjacent to an activating group) is 1. The molecule has 12 heteroatoms. The van der Waals surface area contributed by atoms with Gasteiger partial charge in [0.1, 0.15) is 6.04 Å². The number of aromatic nitrogens is 1. The van der Waals surface area contributed by atoms with Gasteiger partial charge in [-0.3, -0.25) is 19.2 Å². The summed E-state index contributed by atoms with van der Waals surface area (Å²) in [4.78, 5) is 62.0. The third-order valence-corrected chi connectivity index (χ3v) is 10.4. The molecule has 3 unspecified atom stereocenters. The van der Waals surface area contributed by atoms with E-state index in [1.165, 1.54) is 7.11 Å². The first-order chi connectivity index (χ1) is 25.1. The lowest BCUT2D eigenvalue weighted by Crippen LogP contribution is -2.56. The van der Waals surface area contributed by atoms with Crippen LogP contribution in [-0.4, -0.2) is 90.9 Å². The number of carbonyl (C=O) groups is 4. The molecule has 2 aliphatic heterocycles. The molecule has 2 saturated heterocycles. The van der Waals surface area contributed by atoms with Crippen LogP contribution in [0.25, 0.3) is 10.9 Å². The number of hydrogen-bond acceptors (Lipinski definition) is 6. The number of likely N-dealkylation sites (tertiary alicyclic amines) is 2. The molecule has 52 heavy (non-hydrogen) atoms. The molecular weight excluding hydrogens is 682 g/mol. The molecule has 4 aromatic rings. The minimum Gasteiger partial charge on any atom is -0.493 e. The standard InChI is InChI=1S/C40H46ClN5O6/c1-24(2)52-35-16-13-26(17-36(35)51-4)39(49)45-20-27-21-46(40(50)30-19-43-34-18-28(41)14-15-29(30)34)23-32(31(27)22-45)37(47)44-33(38(48)42-3)12-8-11-25-9-6-5-7-10-25/h5-7,9-10,13-19,24,27,31-33,43H,8,11-12,20-23H2,1-4H3,(H,42,48)(H,44,47)/t27?,31?,32?,33-/m0/s1. The van der Waals surface area contributed by atoms with Crippen LogP contribution in [0.5, 0.6) is 11.5 Å². The number of carbonyl (C=O) groups excluding carboxylic acids is 4. The fourth-order valence-corrected chi connectivity index (χ4v) is 7.71. The van der Waals surface area contributed by atoms with Gasteiger partial charge in [0, 0.05) is 60.9 Å². The van der Waals surface area contributed by atoms with E-state index in [9.17, 15) is 19.2 Å². The average molecular weight is 728 g/mol. The number of H-pyrrole nitrogens is 1. The second-order valence-electron chi connectivity index (χ2n) is 13.9. The normalized spacial score (nSPS) is 18.9. The summed E-state index contributed by atoms with van der Waals surface area (Å²) in [6.07, 6.45) is 3.51. The van der Waals surface area contributed by atoms with Crippen LogP contribution in [0, 0.1) is 17.8 Å². The Morgan fingerprint density at radius 2 is 1.67 bits per heavy atom. The molecule has 11 nitrogen and oxygen atoms in total. The maximum absolute atomic E-state index is 14.3. The monoisotopic (exact) mass is 727 g/mol. The smallest absolute Gasteiger partial charge is 0.256 e. The summed E-state index contributed by atoms with van der Waals surface area (Å²) < 4.78 is 11.4. The predicted molar refractivity (Wildman–Crippen MR) is 200 cm³/mol. The molecule has 2 aliphatic rings. The van der Waals surface area contributed by atoms with Crippen molar-refractivity contribution in [1.82, 2.24) is 25.4 Å². The molecule has 0 radical (unpaired) electrons. The number of methoxy groups -OCH3 is 1. The van der Waals surface area contributed by atoms with Crippen molar-refractivity contribution in [3.8, 4) is 11.5 Å². The number of piperidine rings is 1. The van der Waals surface area contributed by atoms with E-state index in [1.54, 1.807) is 53.4 Å². The van der Waals surface area contributed by atoms with Crippen molar-refractivity contribution >= 4 is 46.1 Å². The number of halogens is 1. The van der Waals surface area contributed by atoms with E-state index in [2.05, 4.69) is 15.6 Å². The van der Waals surface area contributed by atoms with Gasteiger partial charge in [-0.2, -0.15) is 0 Å². The topological polar surface area (TPSA) is 133 Å². The summed E-state index contributed by atoms with van der Waals surface area (Å²) in [6.45, 7) is 5.05. The zero-order valence-corrected chi connectivity index (χ0v) is 30.7. The highest BCUT2D eigenvalue weighted by Gasteiger charge is 2.48. The summed E-state index contributed by atoms with van der Waals surface area (Å²) in [5, 5.41) is 7.02. The molecule has 0 aliphatic carbocycles. The van der Waals surface area contributed by atoms with Crippen LogP contribution in [0.15, 0.2) is 72.9 Å². The first kappa shape index (κ1) is 36.8. The maximum Gasteiger partial charge on any atom is 0.256 e. The molecule has 274 valence electrons. The Kier molecular flexibility index (Phi) is 11.4. The lowest BCUT2D eigenvalue weighted by molar-refractivity contribution is -0.133. The van der Waals surface area contributed by atoms with E-state index in [1.807, 2.05) is 50.2 Å². The van der Waals surface area contributed by atoms with Crippen LogP contribution in [0.2, 0.25) is 5.02 Å². The number of ether oxygens (including phenoxy) is 2. The predicted octanol–water partition coefficient (Wildman–Crippen LogP) is 5.33. The van der Waals surface area contributed by atoms with Gasteiger partial charge in [0.2, 0.25) is 11.8 Å². The molecule has 4 amide bonds. The summed E-state index contributed by atoms with van der Waals surface area (Å²) in [5.74, 6) is -1.04. The number of nitrogens with one attached hydrogen (secondary N) is 3. The molecule has 6 rings (SSSR count). The van der Waals surface area contributed by atoms with E-state index in [4.69, 9.17) is 21.1 Å². The molecule has 2 fully saturated rings. The molecule has 3 heterocycles. The minimum absolute atomic E-state index is 0.0696. The van der Waals surface area contributed by atoms with Crippen molar-refractivity contribution < 1.29 is 28.7 Å². The van der Waals surface area contributed by atoms with E-state index < -0.39 is 12.0 Å². The Labute approximate surface area is 309 Å². The molecule has 3 aromatic carbocycles. The number of aryl methyl sites for hydroxylation is 1.